The van der Waals surface area contributed by atoms with Crippen molar-refractivity contribution >= 4 is 33.8 Å². The van der Waals surface area contributed by atoms with E-state index >= 15 is 0 Å². The van der Waals surface area contributed by atoms with E-state index in [1.54, 1.807) is 25.1 Å². The van der Waals surface area contributed by atoms with Crippen LogP contribution in [0.2, 0.25) is 0 Å². The zero-order valence-corrected chi connectivity index (χ0v) is 16.6. The molecule has 7 heteroatoms. The first-order valence-electron chi connectivity index (χ1n) is 9.40. The molecule has 1 fully saturated rings. The lowest BCUT2D eigenvalue weighted by Gasteiger charge is -2.46. The number of benzene rings is 1. The van der Waals surface area contributed by atoms with Crippen molar-refractivity contribution in [2.75, 3.05) is 10.2 Å². The molecule has 1 aliphatic heterocycles. The van der Waals surface area contributed by atoms with Crippen LogP contribution in [0.15, 0.2) is 30.3 Å². The van der Waals surface area contributed by atoms with Gasteiger partial charge in [0, 0.05) is 30.1 Å². The Bertz CT molecular complexity index is 989. The van der Waals surface area contributed by atoms with Gasteiger partial charge in [-0.05, 0) is 54.7 Å². The van der Waals surface area contributed by atoms with Crippen molar-refractivity contribution in [3.05, 3.63) is 46.3 Å². The van der Waals surface area contributed by atoms with Crippen molar-refractivity contribution in [2.45, 2.75) is 38.8 Å². The Morgan fingerprint density at radius 2 is 2.04 bits per heavy atom. The lowest BCUT2D eigenvalue weighted by Crippen LogP contribution is -2.51. The number of hydrogen-bond donors (Lipinski definition) is 2. The molecule has 1 aliphatic carbocycles. The standard InChI is InChI=1S/C21H22N4O2S/c1-11-19(24-18-8-6-15(10-22)28-18)16-9-14(21(23)27)5-7-17(16)25(12(2)26)20(11)13-3-4-13/h5-9,11,13,19-20,24H,3-4H2,1-2H3,(H2,23,27)/t11-,19-,20-/m1/s1. The van der Waals surface area contributed by atoms with Gasteiger partial charge in [0.1, 0.15) is 10.9 Å². The number of fused-ring (bicyclic) bond motifs is 1. The molecule has 3 N–H and O–H groups in total. The first kappa shape index (κ1) is 18.5. The number of nitrogens with zero attached hydrogens (tertiary/aromatic N) is 2. The van der Waals surface area contributed by atoms with E-state index in [0.717, 1.165) is 29.1 Å². The first-order chi connectivity index (χ1) is 13.4. The van der Waals surface area contributed by atoms with E-state index in [9.17, 15) is 9.59 Å². The van der Waals surface area contributed by atoms with E-state index in [-0.39, 0.29) is 23.9 Å². The topological polar surface area (TPSA) is 99.2 Å². The molecule has 1 aromatic heterocycles. The first-order valence-corrected chi connectivity index (χ1v) is 10.2. The van der Waals surface area contributed by atoms with Gasteiger partial charge in [-0.1, -0.05) is 6.92 Å². The summed E-state index contributed by atoms with van der Waals surface area (Å²) in [7, 11) is 0. The maximum atomic E-state index is 12.6. The Kier molecular flexibility index (Phi) is 4.60. The Morgan fingerprint density at radius 3 is 2.61 bits per heavy atom. The van der Waals surface area contributed by atoms with Gasteiger partial charge >= 0.3 is 0 Å². The molecule has 2 amide bonds. The normalized spacial score (nSPS) is 23.6. The van der Waals surface area contributed by atoms with Gasteiger partial charge in [0.15, 0.2) is 0 Å². The molecule has 1 aromatic carbocycles. The molecular weight excluding hydrogens is 372 g/mol. The lowest BCUT2D eigenvalue weighted by molar-refractivity contribution is -0.117. The molecule has 2 aromatic rings. The van der Waals surface area contributed by atoms with Crippen molar-refractivity contribution < 1.29 is 9.59 Å². The number of nitrogens with one attached hydrogen (secondary N) is 1. The highest BCUT2D eigenvalue weighted by Crippen LogP contribution is 2.50. The van der Waals surface area contributed by atoms with Crippen LogP contribution < -0.4 is 16.0 Å². The van der Waals surface area contributed by atoms with Crippen molar-refractivity contribution in [2.24, 2.45) is 17.6 Å². The van der Waals surface area contributed by atoms with E-state index in [2.05, 4.69) is 18.3 Å². The highest BCUT2D eigenvalue weighted by molar-refractivity contribution is 7.16. The van der Waals surface area contributed by atoms with E-state index in [1.165, 1.54) is 11.3 Å². The Hall–Kier alpha value is -2.85. The quantitative estimate of drug-likeness (QED) is 0.827. The number of rotatable bonds is 4. The van der Waals surface area contributed by atoms with Gasteiger partial charge in [-0.2, -0.15) is 5.26 Å². The summed E-state index contributed by atoms with van der Waals surface area (Å²) in [6, 6.07) is 11.2. The monoisotopic (exact) mass is 394 g/mol. The average molecular weight is 395 g/mol. The fourth-order valence-electron chi connectivity index (χ4n) is 4.35. The zero-order chi connectivity index (χ0) is 20.0. The van der Waals surface area contributed by atoms with Crippen LogP contribution in [0.1, 0.15) is 53.5 Å². The molecular formula is C21H22N4O2S. The van der Waals surface area contributed by atoms with Crippen molar-refractivity contribution in [3.63, 3.8) is 0 Å². The Morgan fingerprint density at radius 1 is 1.29 bits per heavy atom. The van der Waals surface area contributed by atoms with Gasteiger partial charge in [0.25, 0.3) is 0 Å². The third-order valence-corrected chi connectivity index (χ3v) is 6.65. The summed E-state index contributed by atoms with van der Waals surface area (Å²) in [5.41, 5.74) is 7.66. The van der Waals surface area contributed by atoms with Gasteiger partial charge in [0.2, 0.25) is 11.8 Å². The maximum Gasteiger partial charge on any atom is 0.248 e. The second-order valence-electron chi connectivity index (χ2n) is 7.61. The number of anilines is 2. The number of amides is 2. The number of nitriles is 1. The molecule has 2 heterocycles. The average Bonchev–Trinajstić information content (AvgIpc) is 3.40. The molecule has 0 unspecified atom stereocenters. The number of carbonyl (C=O) groups excluding carboxylic acids is 2. The number of hydrogen-bond acceptors (Lipinski definition) is 5. The molecule has 1 saturated carbocycles. The van der Waals surface area contributed by atoms with Gasteiger partial charge < -0.3 is 16.0 Å². The van der Waals surface area contributed by atoms with Crippen LogP contribution >= 0.6 is 11.3 Å². The molecule has 2 aliphatic rings. The molecule has 3 atom stereocenters. The number of nitrogens with two attached hydrogens (primary N) is 1. The minimum absolute atomic E-state index is 0.0122. The third kappa shape index (κ3) is 3.14. The van der Waals surface area contributed by atoms with E-state index in [4.69, 9.17) is 11.0 Å². The summed E-state index contributed by atoms with van der Waals surface area (Å²) in [4.78, 5) is 26.9. The van der Waals surface area contributed by atoms with E-state index < -0.39 is 5.91 Å². The van der Waals surface area contributed by atoms with Gasteiger partial charge in [-0.15, -0.1) is 11.3 Å². The van der Waals surface area contributed by atoms with Crippen molar-refractivity contribution in [1.29, 1.82) is 5.26 Å². The Balaban J connectivity index is 1.82. The number of carbonyl (C=O) groups is 2. The molecule has 6 nitrogen and oxygen atoms in total. The van der Waals surface area contributed by atoms with Crippen LogP contribution in [-0.4, -0.2) is 17.9 Å². The number of primary amides is 1. The summed E-state index contributed by atoms with van der Waals surface area (Å²) >= 11 is 1.40. The predicted octanol–water partition coefficient (Wildman–Crippen LogP) is 3.65. The second kappa shape index (κ2) is 6.95. The Labute approximate surface area is 167 Å². The molecule has 4 rings (SSSR count). The molecule has 144 valence electrons. The van der Waals surface area contributed by atoms with Crippen LogP contribution in [0.5, 0.6) is 0 Å². The molecule has 0 radical (unpaired) electrons. The van der Waals surface area contributed by atoms with Crippen molar-refractivity contribution in [3.8, 4) is 6.07 Å². The van der Waals surface area contributed by atoms with Crippen LogP contribution in [-0.2, 0) is 4.79 Å². The molecule has 0 bridgehead atoms. The van der Waals surface area contributed by atoms with Crippen LogP contribution in [0.3, 0.4) is 0 Å². The largest absolute Gasteiger partial charge is 0.370 e. The number of thiophene rings is 1. The second-order valence-corrected chi connectivity index (χ2v) is 8.70. The van der Waals surface area contributed by atoms with Gasteiger partial charge in [-0.25, -0.2) is 0 Å². The lowest BCUT2D eigenvalue weighted by atomic mass is 9.79. The smallest absolute Gasteiger partial charge is 0.248 e. The minimum Gasteiger partial charge on any atom is -0.370 e. The fraction of sp³-hybridized carbons (Fsp3) is 0.381. The third-order valence-electron chi connectivity index (χ3n) is 5.73. The summed E-state index contributed by atoms with van der Waals surface area (Å²) in [5.74, 6) is 0.152. The van der Waals surface area contributed by atoms with E-state index in [0.29, 0.717) is 16.4 Å². The van der Waals surface area contributed by atoms with E-state index in [1.807, 2.05) is 17.0 Å². The molecule has 0 saturated heterocycles. The highest BCUT2D eigenvalue weighted by atomic mass is 32.1. The highest BCUT2D eigenvalue weighted by Gasteiger charge is 2.47. The fourth-order valence-corrected chi connectivity index (χ4v) is 5.09. The summed E-state index contributed by atoms with van der Waals surface area (Å²) < 4.78 is 0. The summed E-state index contributed by atoms with van der Waals surface area (Å²) in [5, 5.41) is 13.6. The van der Waals surface area contributed by atoms with Crippen LogP contribution in [0.4, 0.5) is 10.7 Å². The minimum atomic E-state index is -0.490. The molecule has 0 spiro atoms. The molecule has 28 heavy (non-hydrogen) atoms. The van der Waals surface area contributed by atoms with Crippen LogP contribution in [0.25, 0.3) is 0 Å². The zero-order valence-electron chi connectivity index (χ0n) is 15.8. The van der Waals surface area contributed by atoms with Crippen molar-refractivity contribution in [1.82, 2.24) is 0 Å². The summed E-state index contributed by atoms with van der Waals surface area (Å²) in [6.45, 7) is 3.75. The maximum absolute atomic E-state index is 12.6. The van der Waals surface area contributed by atoms with Gasteiger partial charge in [0.05, 0.1) is 11.0 Å². The van der Waals surface area contributed by atoms with Gasteiger partial charge in [-0.3, -0.25) is 9.59 Å². The predicted molar refractivity (Wildman–Crippen MR) is 109 cm³/mol. The SMILES string of the molecule is CC(=O)N1c2ccc(C(N)=O)cc2[C@H](Nc2ccc(C#N)s2)[C@@H](C)[C@@H]1C1CC1. The van der Waals surface area contributed by atoms with Crippen LogP contribution in [0, 0.1) is 23.2 Å². The summed E-state index contributed by atoms with van der Waals surface area (Å²) in [6.07, 6.45) is 2.25.